The molecular weight excluding hydrogens is 331 g/mol. The average Bonchev–Trinajstić information content (AvgIpc) is 2.48. The summed E-state index contributed by atoms with van der Waals surface area (Å²) in [5, 5.41) is 2.82. The van der Waals surface area contributed by atoms with E-state index in [0.717, 1.165) is 11.8 Å². The first kappa shape index (κ1) is 17.9. The summed E-state index contributed by atoms with van der Waals surface area (Å²) >= 11 is 0. The number of carbonyl (C=O) groups excluding carboxylic acids is 1. The Morgan fingerprint density at radius 1 is 1.12 bits per heavy atom. The van der Waals surface area contributed by atoms with E-state index in [9.17, 15) is 17.6 Å². The van der Waals surface area contributed by atoms with E-state index in [0.29, 0.717) is 16.8 Å². The highest BCUT2D eigenvalue weighted by Crippen LogP contribution is 2.21. The van der Waals surface area contributed by atoms with Crippen LogP contribution in [0.1, 0.15) is 34.5 Å². The van der Waals surface area contributed by atoms with Crippen molar-refractivity contribution >= 4 is 21.6 Å². The molecule has 0 spiro atoms. The summed E-state index contributed by atoms with van der Waals surface area (Å²) in [4.78, 5) is 12.5. The van der Waals surface area contributed by atoms with E-state index in [1.807, 2.05) is 0 Å². The molecule has 5 nitrogen and oxygen atoms in total. The molecule has 0 saturated heterocycles. The van der Waals surface area contributed by atoms with Crippen molar-refractivity contribution in [3.05, 3.63) is 65.0 Å². The number of hydrogen-bond donors (Lipinski definition) is 2. The zero-order valence-electron chi connectivity index (χ0n) is 13.6. The van der Waals surface area contributed by atoms with Crippen molar-refractivity contribution in [1.29, 1.82) is 0 Å². The molecule has 2 aromatic carbocycles. The second kappa shape index (κ2) is 7.00. The minimum Gasteiger partial charge on any atom is -0.346 e. The first-order valence-electron chi connectivity index (χ1n) is 7.31. The molecule has 0 aliphatic carbocycles. The van der Waals surface area contributed by atoms with Crippen molar-refractivity contribution in [2.45, 2.75) is 19.9 Å². The molecule has 0 fully saturated rings. The molecule has 0 radical (unpaired) electrons. The van der Waals surface area contributed by atoms with Gasteiger partial charge in [-0.25, -0.2) is 12.8 Å². The minimum atomic E-state index is -3.43. The number of rotatable bonds is 5. The Morgan fingerprint density at radius 2 is 1.75 bits per heavy atom. The molecule has 7 heteroatoms. The Kier molecular flexibility index (Phi) is 5.23. The molecular formula is C17H19FN2O3S. The third kappa shape index (κ3) is 4.55. The first-order valence-corrected chi connectivity index (χ1v) is 9.20. The van der Waals surface area contributed by atoms with Gasteiger partial charge in [0.1, 0.15) is 5.82 Å². The third-order valence-electron chi connectivity index (χ3n) is 3.59. The lowest BCUT2D eigenvalue weighted by Gasteiger charge is -2.17. The second-order valence-electron chi connectivity index (χ2n) is 5.60. The van der Waals surface area contributed by atoms with Gasteiger partial charge in [-0.15, -0.1) is 0 Å². The number of benzene rings is 2. The number of anilines is 1. The highest BCUT2D eigenvalue weighted by Gasteiger charge is 2.16. The molecule has 0 bridgehead atoms. The van der Waals surface area contributed by atoms with Crippen molar-refractivity contribution in [1.82, 2.24) is 5.32 Å². The predicted molar refractivity (Wildman–Crippen MR) is 91.9 cm³/mol. The van der Waals surface area contributed by atoms with E-state index in [1.54, 1.807) is 44.2 Å². The summed E-state index contributed by atoms with van der Waals surface area (Å²) in [5.41, 5.74) is 2.04. The first-order chi connectivity index (χ1) is 11.2. The van der Waals surface area contributed by atoms with Gasteiger partial charge in [0, 0.05) is 5.56 Å². The normalized spacial score (nSPS) is 12.5. The average molecular weight is 350 g/mol. The maximum Gasteiger partial charge on any atom is 0.252 e. The molecule has 0 saturated carbocycles. The van der Waals surface area contributed by atoms with Gasteiger partial charge in [0.25, 0.3) is 5.91 Å². The standard InChI is InChI=1S/C17H19FN2O3S/c1-11-15(5-4-6-16(11)20-24(3,22)23)17(21)19-12(2)13-7-9-14(18)10-8-13/h4-10,12,20H,1-3H3,(H,19,21). The van der Waals surface area contributed by atoms with Crippen molar-refractivity contribution in [3.8, 4) is 0 Å². The fourth-order valence-electron chi connectivity index (χ4n) is 2.30. The molecule has 0 aromatic heterocycles. The number of hydrogen-bond acceptors (Lipinski definition) is 3. The quantitative estimate of drug-likeness (QED) is 0.870. The predicted octanol–water partition coefficient (Wildman–Crippen LogP) is 3.00. The van der Waals surface area contributed by atoms with Gasteiger partial charge >= 0.3 is 0 Å². The van der Waals surface area contributed by atoms with Gasteiger partial charge in [0.15, 0.2) is 0 Å². The highest BCUT2D eigenvalue weighted by molar-refractivity contribution is 7.92. The number of carbonyl (C=O) groups is 1. The molecule has 2 N–H and O–H groups in total. The van der Waals surface area contributed by atoms with Gasteiger partial charge in [-0.1, -0.05) is 18.2 Å². The van der Waals surface area contributed by atoms with E-state index in [2.05, 4.69) is 10.0 Å². The van der Waals surface area contributed by atoms with Gasteiger partial charge in [-0.05, 0) is 49.2 Å². The second-order valence-corrected chi connectivity index (χ2v) is 7.35. The van der Waals surface area contributed by atoms with Crippen LogP contribution in [0.25, 0.3) is 0 Å². The zero-order valence-corrected chi connectivity index (χ0v) is 14.4. The Morgan fingerprint density at radius 3 is 2.33 bits per heavy atom. The largest absolute Gasteiger partial charge is 0.346 e. The fourth-order valence-corrected chi connectivity index (χ4v) is 2.92. The van der Waals surface area contributed by atoms with Crippen molar-refractivity contribution in [2.75, 3.05) is 11.0 Å². The van der Waals surface area contributed by atoms with Crippen LogP contribution in [-0.2, 0) is 10.0 Å². The lowest BCUT2D eigenvalue weighted by Crippen LogP contribution is -2.27. The van der Waals surface area contributed by atoms with E-state index < -0.39 is 10.0 Å². The van der Waals surface area contributed by atoms with Crippen LogP contribution >= 0.6 is 0 Å². The molecule has 0 heterocycles. The smallest absolute Gasteiger partial charge is 0.252 e. The highest BCUT2D eigenvalue weighted by atomic mass is 32.2. The summed E-state index contributed by atoms with van der Waals surface area (Å²) in [5.74, 6) is -0.672. The van der Waals surface area contributed by atoms with Gasteiger partial charge < -0.3 is 5.32 Å². The molecule has 1 amide bonds. The Balaban J connectivity index is 2.20. The van der Waals surface area contributed by atoms with Gasteiger partial charge in [0.05, 0.1) is 18.0 Å². The maximum atomic E-state index is 13.0. The van der Waals surface area contributed by atoms with Gasteiger partial charge in [0.2, 0.25) is 10.0 Å². The lowest BCUT2D eigenvalue weighted by atomic mass is 10.0. The number of halogens is 1. The monoisotopic (exact) mass is 350 g/mol. The van der Waals surface area contributed by atoms with E-state index in [-0.39, 0.29) is 17.8 Å². The van der Waals surface area contributed by atoms with Crippen molar-refractivity contribution in [2.24, 2.45) is 0 Å². The molecule has 1 atom stereocenters. The van der Waals surface area contributed by atoms with E-state index in [4.69, 9.17) is 0 Å². The Labute approximate surface area is 141 Å². The number of sulfonamides is 1. The summed E-state index contributed by atoms with van der Waals surface area (Å²) in [6.45, 7) is 3.46. The lowest BCUT2D eigenvalue weighted by molar-refractivity contribution is 0.0939. The molecule has 0 aliphatic heterocycles. The maximum absolute atomic E-state index is 13.0. The third-order valence-corrected chi connectivity index (χ3v) is 4.18. The van der Waals surface area contributed by atoms with Crippen LogP contribution in [0.2, 0.25) is 0 Å². The molecule has 2 rings (SSSR count). The van der Waals surface area contributed by atoms with E-state index >= 15 is 0 Å². The molecule has 128 valence electrons. The van der Waals surface area contributed by atoms with Crippen LogP contribution in [-0.4, -0.2) is 20.6 Å². The van der Waals surface area contributed by atoms with Gasteiger partial charge in [-0.3, -0.25) is 9.52 Å². The Hall–Kier alpha value is -2.41. The molecule has 2 aromatic rings. The number of nitrogens with one attached hydrogen (secondary N) is 2. The topological polar surface area (TPSA) is 75.3 Å². The van der Waals surface area contributed by atoms with Crippen LogP contribution in [0.4, 0.5) is 10.1 Å². The molecule has 1 unspecified atom stereocenters. The Bertz CT molecular complexity index is 849. The summed E-state index contributed by atoms with van der Waals surface area (Å²) in [7, 11) is -3.43. The number of amides is 1. The zero-order chi connectivity index (χ0) is 17.9. The van der Waals surface area contributed by atoms with Crippen LogP contribution in [0, 0.1) is 12.7 Å². The fraction of sp³-hybridized carbons (Fsp3) is 0.235. The van der Waals surface area contributed by atoms with Crippen LogP contribution in [0.5, 0.6) is 0 Å². The summed E-state index contributed by atoms with van der Waals surface area (Å²) < 4.78 is 38.1. The van der Waals surface area contributed by atoms with Crippen LogP contribution < -0.4 is 10.0 Å². The van der Waals surface area contributed by atoms with E-state index in [1.165, 1.54) is 12.1 Å². The van der Waals surface area contributed by atoms with Crippen molar-refractivity contribution < 1.29 is 17.6 Å². The van der Waals surface area contributed by atoms with Crippen LogP contribution in [0.15, 0.2) is 42.5 Å². The van der Waals surface area contributed by atoms with Crippen molar-refractivity contribution in [3.63, 3.8) is 0 Å². The summed E-state index contributed by atoms with van der Waals surface area (Å²) in [6.07, 6.45) is 1.05. The summed E-state index contributed by atoms with van der Waals surface area (Å²) in [6, 6.07) is 10.4. The molecule has 24 heavy (non-hydrogen) atoms. The molecule has 0 aliphatic rings. The van der Waals surface area contributed by atoms with Crippen LogP contribution in [0.3, 0.4) is 0 Å². The SMILES string of the molecule is Cc1c(NS(C)(=O)=O)cccc1C(=O)NC(C)c1ccc(F)cc1. The van der Waals surface area contributed by atoms with Gasteiger partial charge in [-0.2, -0.15) is 0 Å². The minimum absolute atomic E-state index is 0.316.